The van der Waals surface area contributed by atoms with Crippen LogP contribution in [0.15, 0.2) is 23.2 Å². The van der Waals surface area contributed by atoms with Crippen molar-refractivity contribution >= 4 is 6.08 Å². The lowest BCUT2D eigenvalue weighted by Gasteiger charge is -2.25. The normalized spacial score (nSPS) is 17.6. The fraction of sp³-hybridized carbons (Fsp3) is 0.533. The molecule has 0 saturated heterocycles. The Bertz CT molecular complexity index is 539. The first-order valence-electron chi connectivity index (χ1n) is 6.59. The van der Waals surface area contributed by atoms with E-state index in [-0.39, 0.29) is 11.3 Å². The van der Waals surface area contributed by atoms with E-state index in [1.807, 2.05) is 0 Å². The predicted octanol–water partition coefficient (Wildman–Crippen LogP) is 3.91. The number of hydrogen-bond acceptors (Lipinski definition) is 3. The van der Waals surface area contributed by atoms with Gasteiger partial charge in [0.2, 0.25) is 6.08 Å². The highest BCUT2D eigenvalue weighted by atomic mass is 19.3. The third-order valence-corrected chi connectivity index (χ3v) is 3.90. The van der Waals surface area contributed by atoms with Gasteiger partial charge in [-0.3, -0.25) is 0 Å². The summed E-state index contributed by atoms with van der Waals surface area (Å²) in [5, 5.41) is 0. The number of alkyl halides is 2. The Balaban J connectivity index is 2.55. The van der Waals surface area contributed by atoms with Crippen LogP contribution >= 0.6 is 0 Å². The van der Waals surface area contributed by atoms with E-state index >= 15 is 0 Å². The molecule has 0 aromatic heterocycles. The number of ether oxygens (including phenoxy) is 1. The number of isocyanates is 1. The lowest BCUT2D eigenvalue weighted by atomic mass is 9.87. The summed E-state index contributed by atoms with van der Waals surface area (Å²) in [6.07, 6.45) is 4.81. The zero-order valence-corrected chi connectivity index (χ0v) is 11.6. The molecule has 3 nitrogen and oxygen atoms in total. The Morgan fingerprint density at radius 1 is 1.35 bits per heavy atom. The van der Waals surface area contributed by atoms with Gasteiger partial charge in [-0.25, -0.2) is 13.6 Å². The molecule has 0 aliphatic heterocycles. The van der Waals surface area contributed by atoms with Crippen LogP contribution in [-0.4, -0.2) is 13.2 Å². The van der Waals surface area contributed by atoms with Gasteiger partial charge in [0.1, 0.15) is 5.75 Å². The van der Waals surface area contributed by atoms with Crippen LogP contribution in [0.3, 0.4) is 0 Å². The topological polar surface area (TPSA) is 38.7 Å². The quantitative estimate of drug-likeness (QED) is 0.620. The number of hydrogen-bond donors (Lipinski definition) is 0. The van der Waals surface area contributed by atoms with Crippen LogP contribution in [0.4, 0.5) is 8.78 Å². The fourth-order valence-corrected chi connectivity index (χ4v) is 2.85. The summed E-state index contributed by atoms with van der Waals surface area (Å²) < 4.78 is 32.4. The van der Waals surface area contributed by atoms with Gasteiger partial charge in [-0.05, 0) is 30.5 Å². The highest BCUT2D eigenvalue weighted by molar-refractivity contribution is 5.45. The van der Waals surface area contributed by atoms with Crippen molar-refractivity contribution in [2.45, 2.75) is 44.1 Å². The number of rotatable bonds is 4. The third-order valence-electron chi connectivity index (χ3n) is 3.90. The van der Waals surface area contributed by atoms with Crippen molar-refractivity contribution in [1.82, 2.24) is 0 Å². The average molecular weight is 281 g/mol. The van der Waals surface area contributed by atoms with Gasteiger partial charge >= 0.3 is 0 Å². The van der Waals surface area contributed by atoms with Crippen molar-refractivity contribution in [3.63, 3.8) is 0 Å². The highest BCUT2D eigenvalue weighted by Crippen LogP contribution is 2.45. The molecule has 0 radical (unpaired) electrons. The molecule has 2 rings (SSSR count). The minimum Gasteiger partial charge on any atom is -0.496 e. The Morgan fingerprint density at radius 2 is 2.00 bits per heavy atom. The molecule has 1 aromatic carbocycles. The number of benzene rings is 1. The van der Waals surface area contributed by atoms with Gasteiger partial charge < -0.3 is 4.74 Å². The summed E-state index contributed by atoms with van der Waals surface area (Å²) in [7, 11) is 1.36. The van der Waals surface area contributed by atoms with Crippen LogP contribution in [0.2, 0.25) is 0 Å². The molecule has 1 aliphatic carbocycles. The monoisotopic (exact) mass is 281 g/mol. The van der Waals surface area contributed by atoms with Gasteiger partial charge in [-0.2, -0.15) is 4.99 Å². The highest BCUT2D eigenvalue weighted by Gasteiger charge is 2.38. The van der Waals surface area contributed by atoms with Crippen LogP contribution in [-0.2, 0) is 16.3 Å². The van der Waals surface area contributed by atoms with Crippen molar-refractivity contribution in [2.75, 3.05) is 7.11 Å². The van der Waals surface area contributed by atoms with E-state index in [1.54, 1.807) is 12.1 Å². The van der Waals surface area contributed by atoms with E-state index in [0.29, 0.717) is 18.4 Å². The first-order valence-corrected chi connectivity index (χ1v) is 6.59. The maximum atomic E-state index is 13.7. The summed E-state index contributed by atoms with van der Waals surface area (Å²) >= 11 is 0. The first kappa shape index (κ1) is 14.7. The van der Waals surface area contributed by atoms with Crippen LogP contribution in [0.5, 0.6) is 5.75 Å². The van der Waals surface area contributed by atoms with E-state index in [9.17, 15) is 13.6 Å². The number of nitrogens with zero attached hydrogens (tertiary/aromatic N) is 1. The lowest BCUT2D eigenvalue weighted by Crippen LogP contribution is -2.20. The van der Waals surface area contributed by atoms with Gasteiger partial charge in [0.15, 0.2) is 0 Å². The summed E-state index contributed by atoms with van der Waals surface area (Å²) in [5.41, 5.74) is -0.242. The van der Waals surface area contributed by atoms with Gasteiger partial charge in [0.05, 0.1) is 18.2 Å². The minimum atomic E-state index is -3.01. The van der Waals surface area contributed by atoms with E-state index in [0.717, 1.165) is 19.8 Å². The standard InChI is InChI=1S/C15H17F2NO2/c1-14(16,17)12-9-11(5-6-13(12)20-2)15(18-10-19)7-3-4-8-15/h5-6,9H,3-4,7-8H2,1-2H3. The van der Waals surface area contributed by atoms with Crippen molar-refractivity contribution in [1.29, 1.82) is 0 Å². The fourth-order valence-electron chi connectivity index (χ4n) is 2.85. The molecule has 108 valence electrons. The predicted molar refractivity (Wildman–Crippen MR) is 70.8 cm³/mol. The molecule has 0 heterocycles. The SMILES string of the molecule is COc1ccc(C2(N=C=O)CCCC2)cc1C(C)(F)F. The van der Waals surface area contributed by atoms with Gasteiger partial charge in [-0.1, -0.05) is 18.9 Å². The number of halogens is 2. The lowest BCUT2D eigenvalue weighted by molar-refractivity contribution is 0.0149. The molecular formula is C15H17F2NO2. The Hall–Kier alpha value is -1.74. The molecule has 1 saturated carbocycles. The molecule has 1 aromatic rings. The molecule has 0 bridgehead atoms. The molecule has 0 amide bonds. The van der Waals surface area contributed by atoms with Gasteiger partial charge in [-0.15, -0.1) is 0 Å². The smallest absolute Gasteiger partial charge is 0.274 e. The second kappa shape index (κ2) is 5.33. The summed E-state index contributed by atoms with van der Waals surface area (Å²) in [5.74, 6) is -2.86. The molecule has 20 heavy (non-hydrogen) atoms. The largest absolute Gasteiger partial charge is 0.496 e. The Kier molecular flexibility index (Phi) is 3.91. The summed E-state index contributed by atoms with van der Waals surface area (Å²) in [6.45, 7) is 0.832. The van der Waals surface area contributed by atoms with Crippen LogP contribution in [0, 0.1) is 0 Å². The average Bonchev–Trinajstić information content (AvgIpc) is 2.87. The molecule has 0 N–H and O–H groups in total. The van der Waals surface area contributed by atoms with E-state index in [1.165, 1.54) is 19.2 Å². The van der Waals surface area contributed by atoms with Crippen molar-refractivity contribution in [3.05, 3.63) is 29.3 Å². The van der Waals surface area contributed by atoms with E-state index in [2.05, 4.69) is 4.99 Å². The Labute approximate surface area is 116 Å². The molecular weight excluding hydrogens is 264 g/mol. The zero-order valence-electron chi connectivity index (χ0n) is 11.6. The van der Waals surface area contributed by atoms with Gasteiger partial charge in [0.25, 0.3) is 5.92 Å². The molecule has 5 heteroatoms. The first-order chi connectivity index (χ1) is 9.43. The van der Waals surface area contributed by atoms with Gasteiger partial charge in [0, 0.05) is 6.92 Å². The molecule has 0 spiro atoms. The molecule has 0 atom stereocenters. The van der Waals surface area contributed by atoms with Crippen molar-refractivity contribution in [2.24, 2.45) is 4.99 Å². The molecule has 1 aliphatic rings. The van der Waals surface area contributed by atoms with E-state index < -0.39 is 11.5 Å². The molecule has 1 fully saturated rings. The summed E-state index contributed by atoms with van der Waals surface area (Å²) in [4.78, 5) is 14.6. The third kappa shape index (κ3) is 2.59. The van der Waals surface area contributed by atoms with Crippen LogP contribution in [0.1, 0.15) is 43.7 Å². The number of carbonyl (C=O) groups excluding carboxylic acids is 1. The Morgan fingerprint density at radius 3 is 2.50 bits per heavy atom. The van der Waals surface area contributed by atoms with Crippen LogP contribution < -0.4 is 4.74 Å². The minimum absolute atomic E-state index is 0.143. The van der Waals surface area contributed by atoms with Crippen molar-refractivity contribution in [3.8, 4) is 5.75 Å². The number of methoxy groups -OCH3 is 1. The zero-order chi connectivity index (χ0) is 14.8. The van der Waals surface area contributed by atoms with Crippen LogP contribution in [0.25, 0.3) is 0 Å². The second-order valence-electron chi connectivity index (χ2n) is 5.25. The molecule has 0 unspecified atom stereocenters. The summed E-state index contributed by atoms with van der Waals surface area (Å²) in [6, 6.07) is 4.63. The number of aliphatic imine (C=N–C) groups is 1. The maximum absolute atomic E-state index is 13.7. The second-order valence-corrected chi connectivity index (χ2v) is 5.25. The van der Waals surface area contributed by atoms with Crippen molar-refractivity contribution < 1.29 is 18.3 Å². The van der Waals surface area contributed by atoms with E-state index in [4.69, 9.17) is 4.74 Å². The maximum Gasteiger partial charge on any atom is 0.274 e.